The molecule has 1 saturated carbocycles. The van der Waals surface area contributed by atoms with Crippen molar-refractivity contribution in [3.8, 4) is 0 Å². The third-order valence-electron chi connectivity index (χ3n) is 4.58. The van der Waals surface area contributed by atoms with E-state index in [9.17, 15) is 4.79 Å². The molecule has 19 heavy (non-hydrogen) atoms. The van der Waals surface area contributed by atoms with Crippen molar-refractivity contribution in [2.45, 2.75) is 64.5 Å². The quantitative estimate of drug-likeness (QED) is 0.568. The van der Waals surface area contributed by atoms with Crippen molar-refractivity contribution >= 4 is 6.29 Å². The number of carbonyl (C=O) groups excluding carboxylic acids is 1. The van der Waals surface area contributed by atoms with Gasteiger partial charge in [0.1, 0.15) is 6.29 Å². The summed E-state index contributed by atoms with van der Waals surface area (Å²) in [5.74, 6) is 0.642. The van der Waals surface area contributed by atoms with Crippen molar-refractivity contribution in [1.29, 1.82) is 0 Å². The van der Waals surface area contributed by atoms with Gasteiger partial charge in [-0.2, -0.15) is 0 Å². The van der Waals surface area contributed by atoms with Crippen LogP contribution in [-0.4, -0.2) is 25.0 Å². The smallest absolute Gasteiger partial charge is 0.125 e. The Labute approximate surface area is 116 Å². The van der Waals surface area contributed by atoms with E-state index < -0.39 is 0 Å². The van der Waals surface area contributed by atoms with Crippen LogP contribution in [0.2, 0.25) is 0 Å². The van der Waals surface area contributed by atoms with Crippen LogP contribution < -0.4 is 5.32 Å². The molecule has 4 atom stereocenters. The van der Waals surface area contributed by atoms with Crippen LogP contribution in [0, 0.1) is 11.8 Å². The first-order valence-corrected chi connectivity index (χ1v) is 7.84. The van der Waals surface area contributed by atoms with E-state index in [-0.39, 0.29) is 12.0 Å². The Bertz CT molecular complexity index is 327. The topological polar surface area (TPSA) is 38.3 Å². The van der Waals surface area contributed by atoms with Gasteiger partial charge in [-0.25, -0.2) is 0 Å². The zero-order chi connectivity index (χ0) is 13.7. The number of nitrogens with one attached hydrogen (secondary N) is 1. The highest BCUT2D eigenvalue weighted by atomic mass is 16.5. The maximum Gasteiger partial charge on any atom is 0.125 e. The van der Waals surface area contributed by atoms with Crippen molar-refractivity contribution in [2.24, 2.45) is 11.8 Å². The maximum absolute atomic E-state index is 11.2. The Hall–Kier alpha value is -0.830. The third kappa shape index (κ3) is 3.19. The van der Waals surface area contributed by atoms with Gasteiger partial charge < -0.3 is 14.8 Å². The maximum atomic E-state index is 11.2. The first-order chi connectivity index (χ1) is 9.31. The number of unbranched alkanes of at least 4 members (excludes halogenated alkanes) is 1. The van der Waals surface area contributed by atoms with Crippen molar-refractivity contribution in [3.05, 3.63) is 11.8 Å². The van der Waals surface area contributed by atoms with Crippen molar-refractivity contribution in [3.63, 3.8) is 0 Å². The minimum Gasteiger partial charge on any atom is -0.387 e. The molecular formula is C16H27NO2. The van der Waals surface area contributed by atoms with Crippen molar-refractivity contribution < 1.29 is 9.53 Å². The van der Waals surface area contributed by atoms with Crippen molar-refractivity contribution in [1.82, 2.24) is 5.32 Å². The van der Waals surface area contributed by atoms with E-state index in [1.165, 1.54) is 24.8 Å². The van der Waals surface area contributed by atoms with Gasteiger partial charge in [-0.15, -0.1) is 0 Å². The third-order valence-corrected chi connectivity index (χ3v) is 4.58. The second kappa shape index (κ2) is 7.09. The second-order valence-electron chi connectivity index (χ2n) is 5.80. The molecule has 0 spiro atoms. The second-order valence-corrected chi connectivity index (χ2v) is 5.80. The van der Waals surface area contributed by atoms with E-state index in [1.807, 2.05) is 0 Å². The minimum absolute atomic E-state index is 0.133. The van der Waals surface area contributed by atoms with Gasteiger partial charge >= 0.3 is 0 Å². The monoisotopic (exact) mass is 265 g/mol. The lowest BCUT2D eigenvalue weighted by atomic mass is 9.76. The van der Waals surface area contributed by atoms with Crippen LogP contribution in [0.3, 0.4) is 0 Å². The van der Waals surface area contributed by atoms with E-state index >= 15 is 0 Å². The molecule has 0 amide bonds. The van der Waals surface area contributed by atoms with Gasteiger partial charge in [0.25, 0.3) is 0 Å². The molecule has 1 N–H and O–H groups in total. The number of fused-ring (bicyclic) bond motifs is 1. The van der Waals surface area contributed by atoms with E-state index in [2.05, 4.69) is 25.4 Å². The van der Waals surface area contributed by atoms with Gasteiger partial charge in [-0.3, -0.25) is 0 Å². The molecule has 1 aliphatic heterocycles. The molecule has 3 nitrogen and oxygen atoms in total. The molecule has 0 aromatic rings. The normalized spacial score (nSPS) is 31.3. The van der Waals surface area contributed by atoms with Crippen LogP contribution in [0.5, 0.6) is 0 Å². The number of rotatable bonds is 7. The summed E-state index contributed by atoms with van der Waals surface area (Å²) in [6, 6.07) is 0.301. The number of carbonyl (C=O) groups is 1. The fraction of sp³-hybridized carbons (Fsp3) is 0.812. The Morgan fingerprint density at radius 2 is 2.32 bits per heavy atom. The summed E-state index contributed by atoms with van der Waals surface area (Å²) in [4.78, 5) is 11.2. The number of aldehydes is 1. The Morgan fingerprint density at radius 1 is 1.47 bits per heavy atom. The fourth-order valence-electron chi connectivity index (χ4n) is 3.40. The van der Waals surface area contributed by atoms with Gasteiger partial charge in [-0.1, -0.05) is 20.3 Å². The standard InChI is InChI=1S/C16H27NO2/c1-3-5-9-19-15-8-6-7-13-14(15)10-17-16(13)12(4-2)11-18/h10-13,15-17H,3-9H2,1-2H3/t12-,13+,15+,16+/m0/s1. The summed E-state index contributed by atoms with van der Waals surface area (Å²) in [7, 11) is 0. The van der Waals surface area contributed by atoms with Crippen LogP contribution in [0.25, 0.3) is 0 Å². The van der Waals surface area contributed by atoms with Gasteiger partial charge in [0, 0.05) is 24.5 Å². The predicted octanol–water partition coefficient (Wildman–Crippen LogP) is 3.05. The molecule has 2 rings (SSSR count). The Kier molecular flexibility index (Phi) is 5.44. The zero-order valence-electron chi connectivity index (χ0n) is 12.2. The van der Waals surface area contributed by atoms with Crippen LogP contribution in [0.15, 0.2) is 11.8 Å². The van der Waals surface area contributed by atoms with E-state index in [4.69, 9.17) is 4.74 Å². The average molecular weight is 265 g/mol. The van der Waals surface area contributed by atoms with E-state index in [0.717, 1.165) is 32.2 Å². The summed E-state index contributed by atoms with van der Waals surface area (Å²) in [6.07, 6.45) is 10.3. The molecule has 1 aliphatic carbocycles. The molecule has 0 radical (unpaired) electrons. The molecule has 0 aromatic heterocycles. The zero-order valence-corrected chi connectivity index (χ0v) is 12.2. The lowest BCUT2D eigenvalue weighted by molar-refractivity contribution is -0.112. The highest BCUT2D eigenvalue weighted by molar-refractivity contribution is 5.55. The lowest BCUT2D eigenvalue weighted by Gasteiger charge is -2.33. The van der Waals surface area contributed by atoms with Crippen LogP contribution in [-0.2, 0) is 9.53 Å². The van der Waals surface area contributed by atoms with Gasteiger partial charge in [-0.05, 0) is 43.9 Å². The highest BCUT2D eigenvalue weighted by Gasteiger charge is 2.39. The number of hydrogen-bond acceptors (Lipinski definition) is 3. The predicted molar refractivity (Wildman–Crippen MR) is 76.8 cm³/mol. The molecule has 1 fully saturated rings. The van der Waals surface area contributed by atoms with Crippen molar-refractivity contribution in [2.75, 3.05) is 6.61 Å². The number of ether oxygens (including phenoxy) is 1. The fourth-order valence-corrected chi connectivity index (χ4v) is 3.40. The summed E-state index contributed by atoms with van der Waals surface area (Å²) in [5.41, 5.74) is 1.41. The van der Waals surface area contributed by atoms with E-state index in [0.29, 0.717) is 12.0 Å². The Morgan fingerprint density at radius 3 is 3.00 bits per heavy atom. The molecule has 3 heteroatoms. The molecule has 0 bridgehead atoms. The minimum atomic E-state index is 0.133. The molecule has 1 heterocycles. The first-order valence-electron chi connectivity index (χ1n) is 7.84. The average Bonchev–Trinajstić information content (AvgIpc) is 2.86. The first kappa shape index (κ1) is 14.6. The van der Waals surface area contributed by atoms with Crippen LogP contribution >= 0.6 is 0 Å². The number of hydrogen-bond donors (Lipinski definition) is 1. The molecule has 0 unspecified atom stereocenters. The molecule has 2 aliphatic rings. The summed E-state index contributed by atoms with van der Waals surface area (Å²) < 4.78 is 6.04. The highest BCUT2D eigenvalue weighted by Crippen LogP contribution is 2.39. The summed E-state index contributed by atoms with van der Waals surface area (Å²) in [5, 5.41) is 3.45. The summed E-state index contributed by atoms with van der Waals surface area (Å²) >= 11 is 0. The molecule has 108 valence electrons. The largest absolute Gasteiger partial charge is 0.387 e. The molecule has 0 saturated heterocycles. The SMILES string of the molecule is CCCCO[C@@H]1CCC[C@@H]2C1=CN[C@@H]2[C@H](C=O)CC. The summed E-state index contributed by atoms with van der Waals surface area (Å²) in [6.45, 7) is 5.15. The van der Waals surface area contributed by atoms with Gasteiger partial charge in [0.15, 0.2) is 0 Å². The van der Waals surface area contributed by atoms with Crippen LogP contribution in [0.1, 0.15) is 52.4 Å². The molecule has 0 aromatic carbocycles. The lowest BCUT2D eigenvalue weighted by Crippen LogP contribution is -2.39. The van der Waals surface area contributed by atoms with Crippen LogP contribution in [0.4, 0.5) is 0 Å². The van der Waals surface area contributed by atoms with Gasteiger partial charge in [0.2, 0.25) is 0 Å². The Balaban J connectivity index is 1.96. The van der Waals surface area contributed by atoms with E-state index in [1.54, 1.807) is 0 Å². The van der Waals surface area contributed by atoms with Gasteiger partial charge in [0.05, 0.1) is 6.10 Å². The molecular weight excluding hydrogens is 238 g/mol.